The Bertz CT molecular complexity index is 636. The molecule has 2 aromatic rings. The molecule has 1 unspecified atom stereocenters. The summed E-state index contributed by atoms with van der Waals surface area (Å²) in [5, 5.41) is 12.2. The maximum atomic E-state index is 9.04. The molecule has 0 aromatic carbocycles. The zero-order chi connectivity index (χ0) is 15.1. The number of nitrogens with one attached hydrogen (secondary N) is 1. The fraction of sp³-hybridized carbons (Fsp3) is 0.312. The van der Waals surface area contributed by atoms with Crippen LogP contribution in [0.4, 0.5) is 5.69 Å². The van der Waals surface area contributed by atoms with Crippen molar-refractivity contribution >= 4 is 5.69 Å². The van der Waals surface area contributed by atoms with Crippen molar-refractivity contribution in [3.63, 3.8) is 0 Å². The van der Waals surface area contributed by atoms with Crippen LogP contribution in [0, 0.1) is 11.3 Å². The van der Waals surface area contributed by atoms with E-state index < -0.39 is 0 Å². The first-order valence-corrected chi connectivity index (χ1v) is 6.92. The minimum absolute atomic E-state index is 0.143. The van der Waals surface area contributed by atoms with Crippen LogP contribution in [0.3, 0.4) is 0 Å². The van der Waals surface area contributed by atoms with Gasteiger partial charge in [-0.2, -0.15) is 5.26 Å². The van der Waals surface area contributed by atoms with Gasteiger partial charge in [0.05, 0.1) is 23.6 Å². The van der Waals surface area contributed by atoms with E-state index in [-0.39, 0.29) is 6.10 Å². The van der Waals surface area contributed by atoms with E-state index in [2.05, 4.69) is 28.3 Å². The maximum Gasteiger partial charge on any atom is 0.213 e. The summed E-state index contributed by atoms with van der Waals surface area (Å²) >= 11 is 0. The number of nitrogens with zero attached hydrogens (tertiary/aromatic N) is 3. The smallest absolute Gasteiger partial charge is 0.213 e. The van der Waals surface area contributed by atoms with Crippen LogP contribution in [0.1, 0.15) is 31.4 Å². The van der Waals surface area contributed by atoms with Crippen LogP contribution in [0.2, 0.25) is 0 Å². The number of hydrogen-bond acceptors (Lipinski definition) is 5. The highest BCUT2D eigenvalue weighted by atomic mass is 16.5. The summed E-state index contributed by atoms with van der Waals surface area (Å²) < 4.78 is 5.70. The number of pyridine rings is 2. The van der Waals surface area contributed by atoms with Gasteiger partial charge in [0.25, 0.3) is 0 Å². The van der Waals surface area contributed by atoms with Crippen molar-refractivity contribution in [1.29, 1.82) is 5.26 Å². The summed E-state index contributed by atoms with van der Waals surface area (Å²) in [6.07, 6.45) is 6.06. The van der Waals surface area contributed by atoms with Crippen LogP contribution >= 0.6 is 0 Å². The number of hydrogen-bond donors (Lipinski definition) is 1. The fourth-order valence-electron chi connectivity index (χ4n) is 1.74. The summed E-state index contributed by atoms with van der Waals surface area (Å²) in [4.78, 5) is 8.22. The van der Waals surface area contributed by atoms with Gasteiger partial charge in [-0.15, -0.1) is 0 Å². The van der Waals surface area contributed by atoms with Gasteiger partial charge in [0.15, 0.2) is 0 Å². The molecule has 5 nitrogen and oxygen atoms in total. The van der Waals surface area contributed by atoms with E-state index in [9.17, 15) is 0 Å². The molecule has 1 atom stereocenters. The molecule has 0 bridgehead atoms. The second-order valence-electron chi connectivity index (χ2n) is 4.73. The average molecular weight is 282 g/mol. The highest BCUT2D eigenvalue weighted by Gasteiger charge is 2.05. The first-order valence-electron chi connectivity index (χ1n) is 6.92. The van der Waals surface area contributed by atoms with Gasteiger partial charge < -0.3 is 10.1 Å². The molecule has 5 heteroatoms. The van der Waals surface area contributed by atoms with E-state index in [1.807, 2.05) is 19.1 Å². The number of ether oxygens (including phenoxy) is 1. The van der Waals surface area contributed by atoms with Crippen molar-refractivity contribution in [2.75, 3.05) is 5.32 Å². The number of anilines is 1. The summed E-state index contributed by atoms with van der Waals surface area (Å²) in [5.41, 5.74) is 2.34. The topological polar surface area (TPSA) is 70.8 Å². The Kier molecular flexibility index (Phi) is 5.10. The Morgan fingerprint density at radius 2 is 2.24 bits per heavy atom. The fourth-order valence-corrected chi connectivity index (χ4v) is 1.74. The Labute approximate surface area is 124 Å². The standard InChI is InChI=1S/C16H18N4O/c1-3-12(2)21-16-8-13(4-7-19-16)10-20-15-11-18-6-5-14(15)9-17/h4-8,11-12,20H,3,10H2,1-2H3. The van der Waals surface area contributed by atoms with E-state index >= 15 is 0 Å². The van der Waals surface area contributed by atoms with Gasteiger partial charge in [0, 0.05) is 25.0 Å². The quantitative estimate of drug-likeness (QED) is 0.881. The third kappa shape index (κ3) is 4.18. The van der Waals surface area contributed by atoms with Gasteiger partial charge in [-0.25, -0.2) is 4.98 Å². The molecule has 108 valence electrons. The number of aromatic nitrogens is 2. The lowest BCUT2D eigenvalue weighted by atomic mass is 10.2. The molecule has 2 heterocycles. The monoisotopic (exact) mass is 282 g/mol. The Morgan fingerprint density at radius 1 is 1.38 bits per heavy atom. The molecule has 0 aliphatic heterocycles. The van der Waals surface area contributed by atoms with Gasteiger partial charge in [0.1, 0.15) is 6.07 Å². The van der Waals surface area contributed by atoms with Gasteiger partial charge >= 0.3 is 0 Å². The van der Waals surface area contributed by atoms with Crippen LogP contribution < -0.4 is 10.1 Å². The zero-order valence-corrected chi connectivity index (χ0v) is 12.2. The lowest BCUT2D eigenvalue weighted by Gasteiger charge is -2.13. The Morgan fingerprint density at radius 3 is 3.00 bits per heavy atom. The van der Waals surface area contributed by atoms with E-state index in [4.69, 9.17) is 10.00 Å². The predicted molar refractivity (Wildman–Crippen MR) is 80.9 cm³/mol. The molecule has 0 aliphatic rings. The van der Waals surface area contributed by atoms with Crippen molar-refractivity contribution in [1.82, 2.24) is 9.97 Å². The summed E-state index contributed by atoms with van der Waals surface area (Å²) in [5.74, 6) is 0.621. The number of nitriles is 1. The molecule has 2 rings (SSSR count). The van der Waals surface area contributed by atoms with Crippen LogP contribution in [0.5, 0.6) is 5.88 Å². The van der Waals surface area contributed by atoms with Crippen LogP contribution in [-0.4, -0.2) is 16.1 Å². The van der Waals surface area contributed by atoms with Gasteiger partial charge in [-0.05, 0) is 31.0 Å². The summed E-state index contributed by atoms with van der Waals surface area (Å²) in [7, 11) is 0. The van der Waals surface area contributed by atoms with E-state index in [0.29, 0.717) is 18.0 Å². The maximum absolute atomic E-state index is 9.04. The molecule has 0 aliphatic carbocycles. The van der Waals surface area contributed by atoms with Crippen molar-refractivity contribution < 1.29 is 4.74 Å². The minimum atomic E-state index is 0.143. The normalized spacial score (nSPS) is 11.5. The van der Waals surface area contributed by atoms with Crippen molar-refractivity contribution in [3.05, 3.63) is 47.9 Å². The lowest BCUT2D eigenvalue weighted by Crippen LogP contribution is -2.11. The molecule has 0 amide bonds. The molecule has 0 saturated carbocycles. The highest BCUT2D eigenvalue weighted by Crippen LogP contribution is 2.16. The lowest BCUT2D eigenvalue weighted by molar-refractivity contribution is 0.208. The van der Waals surface area contributed by atoms with Gasteiger partial charge in [-0.3, -0.25) is 4.98 Å². The second kappa shape index (κ2) is 7.25. The average Bonchev–Trinajstić information content (AvgIpc) is 2.53. The van der Waals surface area contributed by atoms with Crippen LogP contribution in [0.15, 0.2) is 36.8 Å². The van der Waals surface area contributed by atoms with Crippen molar-refractivity contribution in [2.24, 2.45) is 0 Å². The van der Waals surface area contributed by atoms with E-state index in [1.165, 1.54) is 0 Å². The van der Waals surface area contributed by atoms with Crippen molar-refractivity contribution in [3.8, 4) is 11.9 Å². The third-order valence-electron chi connectivity index (χ3n) is 3.12. The first kappa shape index (κ1) is 14.8. The molecular weight excluding hydrogens is 264 g/mol. The Hall–Kier alpha value is -2.61. The molecule has 0 saturated heterocycles. The largest absolute Gasteiger partial charge is 0.475 e. The summed E-state index contributed by atoms with van der Waals surface area (Å²) in [6.45, 7) is 4.67. The molecule has 0 fully saturated rings. The molecule has 0 spiro atoms. The number of rotatable bonds is 6. The molecule has 2 aromatic heterocycles. The van der Waals surface area contributed by atoms with Gasteiger partial charge in [0.2, 0.25) is 5.88 Å². The second-order valence-corrected chi connectivity index (χ2v) is 4.73. The van der Waals surface area contributed by atoms with Crippen LogP contribution in [0.25, 0.3) is 0 Å². The minimum Gasteiger partial charge on any atom is -0.475 e. The van der Waals surface area contributed by atoms with E-state index in [1.54, 1.807) is 24.7 Å². The predicted octanol–water partition coefficient (Wildman–Crippen LogP) is 3.14. The van der Waals surface area contributed by atoms with Gasteiger partial charge in [-0.1, -0.05) is 6.92 Å². The highest BCUT2D eigenvalue weighted by molar-refractivity contribution is 5.55. The molecule has 1 N–H and O–H groups in total. The molecule has 21 heavy (non-hydrogen) atoms. The van der Waals surface area contributed by atoms with Crippen LogP contribution in [-0.2, 0) is 6.54 Å². The summed E-state index contributed by atoms with van der Waals surface area (Å²) in [6, 6.07) is 7.64. The first-order chi connectivity index (χ1) is 10.2. The van der Waals surface area contributed by atoms with Crippen molar-refractivity contribution in [2.45, 2.75) is 32.9 Å². The SMILES string of the molecule is CCC(C)Oc1cc(CNc2cnccc2C#N)ccn1. The molecular formula is C16H18N4O. The third-order valence-corrected chi connectivity index (χ3v) is 3.12. The molecule has 0 radical (unpaired) electrons. The van der Waals surface area contributed by atoms with E-state index in [0.717, 1.165) is 17.7 Å². The Balaban J connectivity index is 2.03. The zero-order valence-electron chi connectivity index (χ0n) is 12.2.